The van der Waals surface area contributed by atoms with Crippen LogP contribution in [0.4, 0.5) is 0 Å². The van der Waals surface area contributed by atoms with Crippen LogP contribution in [0.1, 0.15) is 30.7 Å². The van der Waals surface area contributed by atoms with Crippen LogP contribution < -0.4 is 5.32 Å². The van der Waals surface area contributed by atoms with Crippen LogP contribution in [-0.4, -0.2) is 17.4 Å². The van der Waals surface area contributed by atoms with Crippen LogP contribution in [0, 0.1) is 29.6 Å². The van der Waals surface area contributed by atoms with Gasteiger partial charge in [0.15, 0.2) is 0 Å². The lowest BCUT2D eigenvalue weighted by Gasteiger charge is -2.09. The summed E-state index contributed by atoms with van der Waals surface area (Å²) in [6.07, 6.45) is 8.04. The molecule has 19 heavy (non-hydrogen) atoms. The Kier molecular flexibility index (Phi) is 2.87. The summed E-state index contributed by atoms with van der Waals surface area (Å²) >= 11 is 1.70. The Labute approximate surface area is 117 Å². The van der Waals surface area contributed by atoms with Gasteiger partial charge < -0.3 is 5.32 Å². The summed E-state index contributed by atoms with van der Waals surface area (Å²) in [6.45, 7) is 0.809. The Bertz CT molecular complexity index is 456. The molecule has 1 amide bonds. The predicted octanol–water partition coefficient (Wildman–Crippen LogP) is 2.48. The number of thiazole rings is 1. The molecular weight excluding hydrogens is 256 g/mol. The molecule has 2 bridgehead atoms. The number of carbonyl (C=O) groups excluding carboxylic acids is 1. The Morgan fingerprint density at radius 3 is 2.84 bits per heavy atom. The van der Waals surface area contributed by atoms with E-state index < -0.39 is 0 Å². The molecule has 1 aromatic rings. The van der Waals surface area contributed by atoms with Crippen molar-refractivity contribution in [1.82, 2.24) is 10.3 Å². The average molecular weight is 276 g/mol. The van der Waals surface area contributed by atoms with E-state index in [1.807, 2.05) is 11.6 Å². The maximum atomic E-state index is 12.2. The van der Waals surface area contributed by atoms with Crippen molar-refractivity contribution in [2.45, 2.75) is 32.1 Å². The van der Waals surface area contributed by atoms with Crippen LogP contribution >= 0.6 is 11.3 Å². The summed E-state index contributed by atoms with van der Waals surface area (Å²) in [5.74, 6) is 4.02. The topological polar surface area (TPSA) is 42.0 Å². The van der Waals surface area contributed by atoms with E-state index in [2.05, 4.69) is 10.3 Å². The van der Waals surface area contributed by atoms with Crippen LogP contribution in [0.2, 0.25) is 0 Å². The summed E-state index contributed by atoms with van der Waals surface area (Å²) in [7, 11) is 0. The first kappa shape index (κ1) is 11.9. The van der Waals surface area contributed by atoms with Gasteiger partial charge in [-0.3, -0.25) is 4.79 Å². The van der Waals surface area contributed by atoms with Gasteiger partial charge in [-0.1, -0.05) is 0 Å². The van der Waals surface area contributed by atoms with Gasteiger partial charge in [0.05, 0.1) is 5.01 Å². The van der Waals surface area contributed by atoms with Gasteiger partial charge in [0.2, 0.25) is 5.91 Å². The molecule has 1 heterocycles. The second-order valence-corrected chi connectivity index (χ2v) is 7.31. The van der Waals surface area contributed by atoms with E-state index >= 15 is 0 Å². The van der Waals surface area contributed by atoms with Crippen molar-refractivity contribution in [3.8, 4) is 0 Å². The van der Waals surface area contributed by atoms with Gasteiger partial charge in [0.25, 0.3) is 0 Å². The molecule has 0 spiro atoms. The van der Waals surface area contributed by atoms with Gasteiger partial charge in [0.1, 0.15) is 0 Å². The van der Waals surface area contributed by atoms with E-state index in [1.165, 1.54) is 24.3 Å². The molecule has 4 atom stereocenters. The van der Waals surface area contributed by atoms with E-state index in [0.717, 1.165) is 43.1 Å². The number of hydrogen-bond donors (Lipinski definition) is 1. The Morgan fingerprint density at radius 1 is 1.37 bits per heavy atom. The number of hydrogen-bond acceptors (Lipinski definition) is 3. The van der Waals surface area contributed by atoms with Crippen molar-refractivity contribution in [3.05, 3.63) is 16.6 Å². The predicted molar refractivity (Wildman–Crippen MR) is 74.7 cm³/mol. The van der Waals surface area contributed by atoms with Crippen molar-refractivity contribution in [1.29, 1.82) is 0 Å². The SMILES string of the molecule is O=C(NCCCc1nccs1)C1C2C3CCC(C3)C12. The standard InChI is InChI=1S/C15H20N2OS/c18-15(17-5-1-2-11-16-6-7-19-11)14-12-9-3-4-10(8-9)13(12)14/h6-7,9-10,12-14H,1-5,8H2,(H,17,18). The number of nitrogens with one attached hydrogen (secondary N) is 1. The number of fused-ring (bicyclic) bond motifs is 5. The Balaban J connectivity index is 1.21. The van der Waals surface area contributed by atoms with E-state index in [9.17, 15) is 4.79 Å². The monoisotopic (exact) mass is 276 g/mol. The van der Waals surface area contributed by atoms with Crippen molar-refractivity contribution in [2.24, 2.45) is 29.6 Å². The van der Waals surface area contributed by atoms with Crippen LogP contribution in [0.3, 0.4) is 0 Å². The first-order valence-electron chi connectivity index (χ1n) is 7.50. The number of aryl methyl sites for hydroxylation is 1. The zero-order valence-electron chi connectivity index (χ0n) is 11.0. The number of nitrogens with zero attached hydrogens (tertiary/aromatic N) is 1. The van der Waals surface area contributed by atoms with Gasteiger partial charge in [0, 0.05) is 30.5 Å². The van der Waals surface area contributed by atoms with Gasteiger partial charge >= 0.3 is 0 Å². The molecule has 0 saturated heterocycles. The van der Waals surface area contributed by atoms with Crippen LogP contribution in [-0.2, 0) is 11.2 Å². The summed E-state index contributed by atoms with van der Waals surface area (Å²) in [5, 5.41) is 6.33. The van der Waals surface area contributed by atoms with Gasteiger partial charge in [-0.05, 0) is 49.4 Å². The van der Waals surface area contributed by atoms with Crippen molar-refractivity contribution < 1.29 is 4.79 Å². The third kappa shape index (κ3) is 2.00. The molecule has 0 aliphatic heterocycles. The normalized spacial score (nSPS) is 38.2. The number of carbonyl (C=O) groups is 1. The fourth-order valence-corrected chi connectivity index (χ4v) is 5.28. The van der Waals surface area contributed by atoms with Crippen LogP contribution in [0.25, 0.3) is 0 Å². The highest BCUT2D eigenvalue weighted by Gasteiger charge is 2.67. The number of aromatic nitrogens is 1. The summed E-state index contributed by atoms with van der Waals surface area (Å²) < 4.78 is 0. The van der Waals surface area contributed by atoms with Crippen LogP contribution in [0.15, 0.2) is 11.6 Å². The molecule has 4 rings (SSSR count). The van der Waals surface area contributed by atoms with E-state index in [4.69, 9.17) is 0 Å². The molecule has 0 radical (unpaired) electrons. The molecule has 102 valence electrons. The zero-order valence-corrected chi connectivity index (χ0v) is 11.9. The fourth-order valence-electron chi connectivity index (χ4n) is 4.62. The summed E-state index contributed by atoms with van der Waals surface area (Å²) in [5.41, 5.74) is 0. The molecule has 1 N–H and O–H groups in total. The Hall–Kier alpha value is -0.900. The smallest absolute Gasteiger partial charge is 0.223 e. The highest BCUT2D eigenvalue weighted by atomic mass is 32.1. The molecule has 3 nitrogen and oxygen atoms in total. The third-order valence-electron chi connectivity index (χ3n) is 5.39. The Morgan fingerprint density at radius 2 is 2.16 bits per heavy atom. The molecule has 3 aliphatic rings. The lowest BCUT2D eigenvalue weighted by Crippen LogP contribution is -2.28. The van der Waals surface area contributed by atoms with E-state index in [0.29, 0.717) is 11.8 Å². The highest BCUT2D eigenvalue weighted by molar-refractivity contribution is 7.09. The minimum Gasteiger partial charge on any atom is -0.356 e. The second-order valence-electron chi connectivity index (χ2n) is 6.33. The quantitative estimate of drug-likeness (QED) is 0.840. The first-order valence-corrected chi connectivity index (χ1v) is 8.38. The molecule has 0 aromatic carbocycles. The summed E-state index contributed by atoms with van der Waals surface area (Å²) in [6, 6.07) is 0. The average Bonchev–Trinajstić information content (AvgIpc) is 2.82. The lowest BCUT2D eigenvalue weighted by molar-refractivity contribution is -0.123. The van der Waals surface area contributed by atoms with Gasteiger partial charge in [-0.25, -0.2) is 4.98 Å². The molecule has 3 saturated carbocycles. The van der Waals surface area contributed by atoms with Crippen molar-refractivity contribution in [2.75, 3.05) is 6.54 Å². The lowest BCUT2D eigenvalue weighted by atomic mass is 10.0. The molecule has 3 aliphatic carbocycles. The van der Waals surface area contributed by atoms with Crippen molar-refractivity contribution in [3.63, 3.8) is 0 Å². The third-order valence-corrected chi connectivity index (χ3v) is 6.23. The molecule has 4 heteroatoms. The van der Waals surface area contributed by atoms with E-state index in [1.54, 1.807) is 11.3 Å². The molecular formula is C15H20N2OS. The van der Waals surface area contributed by atoms with Crippen molar-refractivity contribution >= 4 is 17.2 Å². The highest BCUT2D eigenvalue weighted by Crippen LogP contribution is 2.69. The number of rotatable bonds is 5. The first-order chi connectivity index (χ1) is 9.34. The molecule has 1 aromatic heterocycles. The minimum atomic E-state index is 0.339. The van der Waals surface area contributed by atoms with Gasteiger partial charge in [-0.15, -0.1) is 11.3 Å². The van der Waals surface area contributed by atoms with Gasteiger partial charge in [-0.2, -0.15) is 0 Å². The van der Waals surface area contributed by atoms with E-state index in [-0.39, 0.29) is 0 Å². The summed E-state index contributed by atoms with van der Waals surface area (Å²) in [4.78, 5) is 16.4. The largest absolute Gasteiger partial charge is 0.356 e. The maximum Gasteiger partial charge on any atom is 0.223 e. The maximum absolute atomic E-state index is 12.2. The zero-order chi connectivity index (χ0) is 12.8. The minimum absolute atomic E-state index is 0.339. The fraction of sp³-hybridized carbons (Fsp3) is 0.733. The van der Waals surface area contributed by atoms with Crippen LogP contribution in [0.5, 0.6) is 0 Å². The molecule has 3 fully saturated rings. The number of amides is 1. The second kappa shape index (κ2) is 4.58. The molecule has 4 unspecified atom stereocenters.